The van der Waals surface area contributed by atoms with Crippen molar-refractivity contribution < 1.29 is 14.4 Å². The van der Waals surface area contributed by atoms with Crippen molar-refractivity contribution >= 4 is 11.8 Å². The SMILES string of the molecule is C=C(CCCCC)ON1C(=O)CCC1=O. The number of allylic oxidation sites excluding steroid dienone is 1. The van der Waals surface area contributed by atoms with Crippen LogP contribution in [-0.4, -0.2) is 16.9 Å². The van der Waals surface area contributed by atoms with E-state index < -0.39 is 0 Å². The third-order valence-corrected chi connectivity index (χ3v) is 2.29. The smallest absolute Gasteiger partial charge is 0.263 e. The van der Waals surface area contributed by atoms with Gasteiger partial charge in [-0.25, -0.2) is 0 Å². The summed E-state index contributed by atoms with van der Waals surface area (Å²) < 4.78 is 0. The van der Waals surface area contributed by atoms with Gasteiger partial charge in [-0.05, 0) is 6.42 Å². The number of carbonyl (C=O) groups is 2. The van der Waals surface area contributed by atoms with Gasteiger partial charge in [0, 0.05) is 19.3 Å². The molecular formula is C11H17NO3. The third kappa shape index (κ3) is 3.38. The van der Waals surface area contributed by atoms with Crippen LogP contribution < -0.4 is 0 Å². The maximum absolute atomic E-state index is 11.2. The van der Waals surface area contributed by atoms with Crippen LogP contribution in [0.4, 0.5) is 0 Å². The first-order valence-corrected chi connectivity index (χ1v) is 5.36. The molecule has 0 spiro atoms. The summed E-state index contributed by atoms with van der Waals surface area (Å²) in [7, 11) is 0. The normalized spacial score (nSPS) is 15.9. The van der Waals surface area contributed by atoms with Gasteiger partial charge in [-0.1, -0.05) is 26.3 Å². The zero-order chi connectivity index (χ0) is 11.3. The van der Waals surface area contributed by atoms with Gasteiger partial charge in [0.1, 0.15) is 5.76 Å². The molecule has 15 heavy (non-hydrogen) atoms. The first-order chi connectivity index (χ1) is 7.15. The van der Waals surface area contributed by atoms with Crippen LogP contribution in [0.3, 0.4) is 0 Å². The summed E-state index contributed by atoms with van der Waals surface area (Å²) in [5, 5.41) is 0.842. The lowest BCUT2D eigenvalue weighted by molar-refractivity contribution is -0.177. The summed E-state index contributed by atoms with van der Waals surface area (Å²) in [4.78, 5) is 27.5. The van der Waals surface area contributed by atoms with E-state index in [0.29, 0.717) is 12.2 Å². The minimum absolute atomic E-state index is 0.251. The lowest BCUT2D eigenvalue weighted by Crippen LogP contribution is -2.28. The van der Waals surface area contributed by atoms with E-state index in [1.54, 1.807) is 0 Å². The average molecular weight is 211 g/mol. The molecule has 1 aliphatic heterocycles. The number of rotatable bonds is 6. The molecule has 0 unspecified atom stereocenters. The number of imide groups is 1. The largest absolute Gasteiger partial charge is 0.374 e. The van der Waals surface area contributed by atoms with E-state index in [0.717, 1.165) is 24.3 Å². The molecule has 0 bridgehead atoms. The highest BCUT2D eigenvalue weighted by Crippen LogP contribution is 2.17. The second kappa shape index (κ2) is 5.53. The molecule has 0 atom stereocenters. The fraction of sp³-hybridized carbons (Fsp3) is 0.636. The van der Waals surface area contributed by atoms with Crippen molar-refractivity contribution in [2.45, 2.75) is 45.4 Å². The fourth-order valence-electron chi connectivity index (χ4n) is 1.40. The highest BCUT2D eigenvalue weighted by atomic mass is 16.7. The highest BCUT2D eigenvalue weighted by molar-refractivity contribution is 6.00. The Morgan fingerprint density at radius 3 is 2.47 bits per heavy atom. The topological polar surface area (TPSA) is 46.6 Å². The van der Waals surface area contributed by atoms with Gasteiger partial charge in [-0.15, -0.1) is 5.06 Å². The van der Waals surface area contributed by atoms with E-state index in [-0.39, 0.29) is 24.7 Å². The Bertz CT molecular complexity index is 257. The van der Waals surface area contributed by atoms with Gasteiger partial charge in [-0.3, -0.25) is 9.59 Å². The van der Waals surface area contributed by atoms with Crippen LogP contribution in [0.25, 0.3) is 0 Å². The molecule has 0 aromatic heterocycles. The summed E-state index contributed by atoms with van der Waals surface area (Å²) in [6.07, 6.45) is 4.40. The molecule has 0 aromatic rings. The fourth-order valence-corrected chi connectivity index (χ4v) is 1.40. The van der Waals surface area contributed by atoms with Crippen LogP contribution in [0.2, 0.25) is 0 Å². The summed E-state index contributed by atoms with van der Waals surface area (Å²) >= 11 is 0. The lowest BCUT2D eigenvalue weighted by Gasteiger charge is -2.15. The number of nitrogens with zero attached hydrogens (tertiary/aromatic N) is 1. The van der Waals surface area contributed by atoms with Crippen LogP contribution >= 0.6 is 0 Å². The molecule has 2 amide bonds. The monoisotopic (exact) mass is 211 g/mol. The molecule has 4 nitrogen and oxygen atoms in total. The van der Waals surface area contributed by atoms with Gasteiger partial charge in [-0.2, -0.15) is 0 Å². The van der Waals surface area contributed by atoms with Crippen molar-refractivity contribution in [3.63, 3.8) is 0 Å². The number of hydrogen-bond acceptors (Lipinski definition) is 3. The van der Waals surface area contributed by atoms with Crippen molar-refractivity contribution in [2.75, 3.05) is 0 Å². The predicted molar refractivity (Wildman–Crippen MR) is 55.5 cm³/mol. The maximum Gasteiger partial charge on any atom is 0.263 e. The molecule has 0 saturated carbocycles. The zero-order valence-corrected chi connectivity index (χ0v) is 9.12. The second-order valence-corrected chi connectivity index (χ2v) is 3.67. The Hall–Kier alpha value is -1.32. The number of amides is 2. The second-order valence-electron chi connectivity index (χ2n) is 3.67. The number of unbranched alkanes of at least 4 members (excludes halogenated alkanes) is 2. The van der Waals surface area contributed by atoms with Crippen molar-refractivity contribution in [2.24, 2.45) is 0 Å². The molecule has 1 heterocycles. The van der Waals surface area contributed by atoms with Crippen molar-refractivity contribution in [3.8, 4) is 0 Å². The number of carbonyl (C=O) groups excluding carboxylic acids is 2. The van der Waals surface area contributed by atoms with Crippen molar-refractivity contribution in [1.29, 1.82) is 0 Å². The van der Waals surface area contributed by atoms with Gasteiger partial charge in [0.2, 0.25) is 0 Å². The van der Waals surface area contributed by atoms with E-state index in [4.69, 9.17) is 4.84 Å². The molecule has 1 rings (SSSR count). The van der Waals surface area contributed by atoms with Gasteiger partial charge in [0.25, 0.3) is 11.8 Å². The standard InChI is InChI=1S/C11H17NO3/c1-3-4-5-6-9(2)15-12-10(13)7-8-11(12)14/h2-8H2,1H3. The first-order valence-electron chi connectivity index (χ1n) is 5.36. The van der Waals surface area contributed by atoms with Crippen molar-refractivity contribution in [3.05, 3.63) is 12.3 Å². The minimum atomic E-state index is -0.267. The van der Waals surface area contributed by atoms with Gasteiger partial charge in [0.15, 0.2) is 0 Å². The Morgan fingerprint density at radius 2 is 1.93 bits per heavy atom. The Balaban J connectivity index is 2.31. The van der Waals surface area contributed by atoms with Gasteiger partial charge < -0.3 is 4.84 Å². The Labute approximate surface area is 89.8 Å². The molecule has 1 aliphatic rings. The van der Waals surface area contributed by atoms with Crippen molar-refractivity contribution in [1.82, 2.24) is 5.06 Å². The molecule has 0 N–H and O–H groups in total. The number of hydroxylamine groups is 2. The van der Waals surface area contributed by atoms with E-state index in [9.17, 15) is 9.59 Å². The summed E-state index contributed by atoms with van der Waals surface area (Å²) in [5.41, 5.74) is 0. The van der Waals surface area contributed by atoms with Crippen LogP contribution in [0.15, 0.2) is 12.3 Å². The molecule has 0 aromatic carbocycles. The molecular weight excluding hydrogens is 194 g/mol. The Morgan fingerprint density at radius 1 is 1.33 bits per heavy atom. The van der Waals surface area contributed by atoms with Gasteiger partial charge in [0.05, 0.1) is 0 Å². The number of hydrogen-bond donors (Lipinski definition) is 0. The van der Waals surface area contributed by atoms with E-state index in [2.05, 4.69) is 13.5 Å². The minimum Gasteiger partial charge on any atom is -0.374 e. The summed E-state index contributed by atoms with van der Waals surface area (Å²) in [5.74, 6) is -0.0414. The molecule has 1 saturated heterocycles. The molecule has 0 aliphatic carbocycles. The van der Waals surface area contributed by atoms with Crippen LogP contribution in [0, 0.1) is 0 Å². The molecule has 84 valence electrons. The lowest BCUT2D eigenvalue weighted by atomic mass is 10.2. The van der Waals surface area contributed by atoms with E-state index >= 15 is 0 Å². The first kappa shape index (κ1) is 11.8. The molecule has 1 fully saturated rings. The van der Waals surface area contributed by atoms with Crippen LogP contribution in [0.1, 0.15) is 45.4 Å². The predicted octanol–water partition coefficient (Wildman–Crippen LogP) is 2.16. The molecule has 0 radical (unpaired) electrons. The zero-order valence-electron chi connectivity index (χ0n) is 9.12. The summed E-state index contributed by atoms with van der Waals surface area (Å²) in [6.45, 7) is 5.80. The third-order valence-electron chi connectivity index (χ3n) is 2.29. The van der Waals surface area contributed by atoms with E-state index in [1.807, 2.05) is 0 Å². The van der Waals surface area contributed by atoms with Crippen LogP contribution in [-0.2, 0) is 14.4 Å². The maximum atomic E-state index is 11.2. The van der Waals surface area contributed by atoms with Crippen LogP contribution in [0.5, 0.6) is 0 Å². The average Bonchev–Trinajstić information content (AvgIpc) is 2.50. The molecule has 4 heteroatoms. The highest BCUT2D eigenvalue weighted by Gasteiger charge is 2.31. The quantitative estimate of drug-likeness (QED) is 0.384. The summed E-state index contributed by atoms with van der Waals surface area (Å²) in [6, 6.07) is 0. The Kier molecular flexibility index (Phi) is 4.34. The van der Waals surface area contributed by atoms with E-state index in [1.165, 1.54) is 0 Å². The van der Waals surface area contributed by atoms with Gasteiger partial charge >= 0.3 is 0 Å².